The first-order chi connectivity index (χ1) is 13.1. The van der Waals surface area contributed by atoms with E-state index in [4.69, 9.17) is 0 Å². The van der Waals surface area contributed by atoms with Crippen molar-refractivity contribution in [3.05, 3.63) is 58.1 Å². The Morgan fingerprint density at radius 2 is 1.75 bits per heavy atom. The summed E-state index contributed by atoms with van der Waals surface area (Å²) in [7, 11) is 0. The van der Waals surface area contributed by atoms with Crippen molar-refractivity contribution in [2.24, 2.45) is 0 Å². The molecule has 0 radical (unpaired) electrons. The van der Waals surface area contributed by atoms with Crippen LogP contribution in [0.4, 0.5) is 23.7 Å². The average molecular weight is 460 g/mol. The second-order valence-electron chi connectivity index (χ2n) is 5.74. The van der Waals surface area contributed by atoms with Crippen LogP contribution >= 0.6 is 15.9 Å². The Morgan fingerprint density at radius 1 is 1.07 bits per heavy atom. The molecule has 0 atom stereocenters. The number of carbonyl (C=O) groups excluding carboxylic acids is 2. The van der Waals surface area contributed by atoms with Crippen LogP contribution in [0.1, 0.15) is 11.1 Å². The van der Waals surface area contributed by atoms with Crippen molar-refractivity contribution < 1.29 is 27.5 Å². The molecule has 28 heavy (non-hydrogen) atoms. The molecule has 0 unspecified atom stereocenters. The van der Waals surface area contributed by atoms with Gasteiger partial charge in [0.25, 0.3) is 0 Å². The van der Waals surface area contributed by atoms with Gasteiger partial charge in [0.15, 0.2) is 0 Å². The number of anilines is 1. The summed E-state index contributed by atoms with van der Waals surface area (Å²) >= 11 is 3.33. The van der Waals surface area contributed by atoms with E-state index in [0.717, 1.165) is 22.2 Å². The normalized spacial score (nSPS) is 10.9. The van der Waals surface area contributed by atoms with Crippen LogP contribution in [-0.2, 0) is 11.3 Å². The molecule has 0 saturated heterocycles. The van der Waals surface area contributed by atoms with Gasteiger partial charge in [-0.1, -0.05) is 28.1 Å². The minimum Gasteiger partial charge on any atom is -0.406 e. The molecule has 3 N–H and O–H groups in total. The highest BCUT2D eigenvalue weighted by atomic mass is 79.9. The zero-order valence-corrected chi connectivity index (χ0v) is 16.3. The standard InChI is InChI=1S/C18H17BrF3N3O3/c1-11-8-13(19)4-7-15(11)25-16(26)10-24-17(27)23-9-12-2-5-14(6-3-12)28-18(20,21)22/h2-8H,9-10H2,1H3,(H,25,26)(H2,23,24,27). The molecular weight excluding hydrogens is 443 g/mol. The highest BCUT2D eigenvalue weighted by molar-refractivity contribution is 9.10. The summed E-state index contributed by atoms with van der Waals surface area (Å²) in [4.78, 5) is 23.7. The number of hydrogen-bond acceptors (Lipinski definition) is 3. The summed E-state index contributed by atoms with van der Waals surface area (Å²) in [6.07, 6.45) is -4.75. The van der Waals surface area contributed by atoms with Gasteiger partial charge in [0.1, 0.15) is 5.75 Å². The van der Waals surface area contributed by atoms with Crippen molar-refractivity contribution in [3.8, 4) is 5.75 Å². The Hall–Kier alpha value is -2.75. The van der Waals surface area contributed by atoms with E-state index >= 15 is 0 Å². The summed E-state index contributed by atoms with van der Waals surface area (Å²) in [5, 5.41) is 7.59. The van der Waals surface area contributed by atoms with Gasteiger partial charge in [0.05, 0.1) is 6.54 Å². The van der Waals surface area contributed by atoms with Gasteiger partial charge in [-0.3, -0.25) is 4.79 Å². The van der Waals surface area contributed by atoms with Gasteiger partial charge in [-0.25, -0.2) is 4.79 Å². The van der Waals surface area contributed by atoms with Crippen molar-refractivity contribution in [1.29, 1.82) is 0 Å². The molecule has 0 spiro atoms. The van der Waals surface area contributed by atoms with E-state index in [2.05, 4.69) is 36.6 Å². The summed E-state index contributed by atoms with van der Waals surface area (Å²) in [5.74, 6) is -0.741. The van der Waals surface area contributed by atoms with E-state index in [1.165, 1.54) is 12.1 Å². The lowest BCUT2D eigenvalue weighted by Gasteiger charge is -2.11. The third kappa shape index (κ3) is 7.47. The number of carbonyl (C=O) groups is 2. The number of halogens is 4. The number of hydrogen-bond donors (Lipinski definition) is 3. The minimum absolute atomic E-state index is 0.0750. The van der Waals surface area contributed by atoms with Crippen LogP contribution in [0.2, 0.25) is 0 Å². The predicted octanol–water partition coefficient (Wildman–Crippen LogP) is 4.09. The van der Waals surface area contributed by atoms with Gasteiger partial charge in [-0.15, -0.1) is 13.2 Å². The first-order valence-electron chi connectivity index (χ1n) is 8.05. The van der Waals surface area contributed by atoms with Crippen LogP contribution in [-0.4, -0.2) is 24.8 Å². The molecular formula is C18H17BrF3N3O3. The van der Waals surface area contributed by atoms with E-state index in [1.807, 2.05) is 13.0 Å². The number of benzene rings is 2. The minimum atomic E-state index is -4.75. The van der Waals surface area contributed by atoms with E-state index in [1.54, 1.807) is 12.1 Å². The van der Waals surface area contributed by atoms with Gasteiger partial charge in [0.2, 0.25) is 5.91 Å². The van der Waals surface area contributed by atoms with Crippen molar-refractivity contribution in [3.63, 3.8) is 0 Å². The lowest BCUT2D eigenvalue weighted by Crippen LogP contribution is -2.39. The Labute approximate surface area is 167 Å². The highest BCUT2D eigenvalue weighted by Gasteiger charge is 2.30. The van der Waals surface area contributed by atoms with E-state index in [-0.39, 0.29) is 18.8 Å². The smallest absolute Gasteiger partial charge is 0.406 e. The molecule has 10 heteroatoms. The quantitative estimate of drug-likeness (QED) is 0.608. The number of ether oxygens (including phenoxy) is 1. The van der Waals surface area contributed by atoms with Crippen molar-refractivity contribution in [2.45, 2.75) is 19.8 Å². The maximum Gasteiger partial charge on any atom is 0.573 e. The maximum atomic E-state index is 12.1. The Kier molecular flexibility index (Phi) is 7.27. The summed E-state index contributed by atoms with van der Waals surface area (Å²) in [6, 6.07) is 9.87. The summed E-state index contributed by atoms with van der Waals surface area (Å²) < 4.78 is 41.0. The van der Waals surface area contributed by atoms with Gasteiger partial charge >= 0.3 is 12.4 Å². The third-order valence-electron chi connectivity index (χ3n) is 3.48. The zero-order valence-electron chi connectivity index (χ0n) is 14.7. The van der Waals surface area contributed by atoms with Gasteiger partial charge in [-0.2, -0.15) is 0 Å². The molecule has 150 valence electrons. The topological polar surface area (TPSA) is 79.5 Å². The molecule has 0 heterocycles. The van der Waals surface area contributed by atoms with E-state index in [0.29, 0.717) is 11.3 Å². The van der Waals surface area contributed by atoms with Crippen molar-refractivity contribution in [1.82, 2.24) is 10.6 Å². The number of amides is 3. The molecule has 0 aromatic heterocycles. The summed E-state index contributed by atoms with van der Waals surface area (Å²) in [6.45, 7) is 1.68. The summed E-state index contributed by atoms with van der Waals surface area (Å²) in [5.41, 5.74) is 2.07. The monoisotopic (exact) mass is 459 g/mol. The maximum absolute atomic E-state index is 12.1. The predicted molar refractivity (Wildman–Crippen MR) is 101 cm³/mol. The largest absolute Gasteiger partial charge is 0.573 e. The van der Waals surface area contributed by atoms with Crippen molar-refractivity contribution in [2.75, 3.05) is 11.9 Å². The first-order valence-corrected chi connectivity index (χ1v) is 8.84. The molecule has 2 rings (SSSR count). The second kappa shape index (κ2) is 9.45. The number of alkyl halides is 3. The van der Waals surface area contributed by atoms with Gasteiger partial charge in [0, 0.05) is 16.7 Å². The molecule has 6 nitrogen and oxygen atoms in total. The van der Waals surface area contributed by atoms with Crippen LogP contribution in [0.3, 0.4) is 0 Å². The molecule has 0 bridgehead atoms. The highest BCUT2D eigenvalue weighted by Crippen LogP contribution is 2.22. The molecule has 2 aromatic carbocycles. The van der Waals surface area contributed by atoms with E-state index in [9.17, 15) is 22.8 Å². The number of aryl methyl sites for hydroxylation is 1. The van der Waals surface area contributed by atoms with Crippen LogP contribution in [0.15, 0.2) is 46.9 Å². The van der Waals surface area contributed by atoms with Crippen molar-refractivity contribution >= 4 is 33.6 Å². The molecule has 3 amide bonds. The lowest BCUT2D eigenvalue weighted by atomic mass is 10.2. The van der Waals surface area contributed by atoms with Crippen LogP contribution in [0.5, 0.6) is 5.75 Å². The van der Waals surface area contributed by atoms with Gasteiger partial charge < -0.3 is 20.7 Å². The Bertz CT molecular complexity index is 842. The number of nitrogens with one attached hydrogen (secondary N) is 3. The molecule has 0 aliphatic heterocycles. The average Bonchev–Trinajstić information content (AvgIpc) is 2.60. The van der Waals surface area contributed by atoms with Crippen LogP contribution in [0.25, 0.3) is 0 Å². The van der Waals surface area contributed by atoms with Crippen LogP contribution in [0, 0.1) is 6.92 Å². The fourth-order valence-corrected chi connectivity index (χ4v) is 2.65. The Balaban J connectivity index is 1.74. The molecule has 0 fully saturated rings. The molecule has 0 aliphatic rings. The SMILES string of the molecule is Cc1cc(Br)ccc1NC(=O)CNC(=O)NCc1ccc(OC(F)(F)F)cc1. The number of urea groups is 1. The zero-order chi connectivity index (χ0) is 20.7. The second-order valence-corrected chi connectivity index (χ2v) is 6.65. The fraction of sp³-hybridized carbons (Fsp3) is 0.222. The van der Waals surface area contributed by atoms with E-state index < -0.39 is 18.3 Å². The van der Waals surface area contributed by atoms with Crippen LogP contribution < -0.4 is 20.7 Å². The molecule has 2 aromatic rings. The lowest BCUT2D eigenvalue weighted by molar-refractivity contribution is -0.274. The first kappa shape index (κ1) is 21.5. The number of rotatable bonds is 6. The Morgan fingerprint density at radius 3 is 2.36 bits per heavy atom. The van der Waals surface area contributed by atoms with Gasteiger partial charge in [-0.05, 0) is 48.4 Å². The molecule has 0 aliphatic carbocycles. The third-order valence-corrected chi connectivity index (χ3v) is 3.98. The fourth-order valence-electron chi connectivity index (χ4n) is 2.18. The molecule has 0 saturated carbocycles.